The van der Waals surface area contributed by atoms with Gasteiger partial charge in [-0.2, -0.15) is 5.10 Å². The predicted molar refractivity (Wildman–Crippen MR) is 144 cm³/mol. The van der Waals surface area contributed by atoms with Crippen molar-refractivity contribution in [1.82, 2.24) is 14.7 Å². The second kappa shape index (κ2) is 10.9. The fraction of sp³-hybridized carbons (Fsp3) is 0.207. The molecular weight excluding hydrogens is 501 g/mol. The molecule has 2 heterocycles. The highest BCUT2D eigenvalue weighted by Crippen LogP contribution is 2.30. The third-order valence-corrected chi connectivity index (χ3v) is 7.11. The number of benzene rings is 3. The maximum atomic E-state index is 14.3. The molecule has 0 unspecified atom stereocenters. The first-order chi connectivity index (χ1) is 18.8. The molecule has 5 rings (SSSR count). The first kappa shape index (κ1) is 25.8. The number of hydrogen-bond acceptors (Lipinski definition) is 5. The molecule has 1 N–H and O–H groups in total. The minimum absolute atomic E-state index is 0.00204. The summed E-state index contributed by atoms with van der Waals surface area (Å²) in [6.45, 7) is 2.62. The van der Waals surface area contributed by atoms with Gasteiger partial charge in [0, 0.05) is 48.4 Å². The maximum Gasteiger partial charge on any atom is 0.273 e. The van der Waals surface area contributed by atoms with Crippen LogP contribution in [-0.4, -0.2) is 44.5 Å². The first-order valence-corrected chi connectivity index (χ1v) is 12.6. The molecule has 0 atom stereocenters. The van der Waals surface area contributed by atoms with E-state index in [0.29, 0.717) is 24.3 Å². The minimum atomic E-state index is -0.817. The van der Waals surface area contributed by atoms with E-state index in [1.807, 2.05) is 53.6 Å². The molecule has 0 spiro atoms. The summed E-state index contributed by atoms with van der Waals surface area (Å²) in [6.07, 6.45) is 5.16. The van der Waals surface area contributed by atoms with Crippen LogP contribution in [0.5, 0.6) is 0 Å². The number of nitrogens with zero attached hydrogens (tertiary/aromatic N) is 4. The lowest BCUT2D eigenvalue weighted by Crippen LogP contribution is -2.37. The summed E-state index contributed by atoms with van der Waals surface area (Å²) in [5.74, 6) is -1.30. The second-order valence-corrected chi connectivity index (χ2v) is 9.46. The van der Waals surface area contributed by atoms with E-state index in [-0.39, 0.29) is 28.6 Å². The highest BCUT2D eigenvalue weighted by atomic mass is 19.1. The van der Waals surface area contributed by atoms with Crippen LogP contribution in [0.1, 0.15) is 50.6 Å². The van der Waals surface area contributed by atoms with Crippen LogP contribution < -0.4 is 5.32 Å². The number of likely N-dealkylation sites (tertiary alicyclic amines) is 1. The molecule has 9 nitrogen and oxygen atoms in total. The van der Waals surface area contributed by atoms with Crippen molar-refractivity contribution in [1.29, 1.82) is 0 Å². The highest BCUT2D eigenvalue weighted by Gasteiger charge is 2.25. The van der Waals surface area contributed by atoms with Crippen LogP contribution in [-0.2, 0) is 0 Å². The van der Waals surface area contributed by atoms with Crippen LogP contribution in [0.4, 0.5) is 15.8 Å². The van der Waals surface area contributed by atoms with Crippen molar-refractivity contribution in [2.75, 3.05) is 18.4 Å². The van der Waals surface area contributed by atoms with Crippen LogP contribution in [0.3, 0.4) is 0 Å². The molecule has 1 fully saturated rings. The van der Waals surface area contributed by atoms with Crippen molar-refractivity contribution < 1.29 is 18.9 Å². The Morgan fingerprint density at radius 3 is 2.33 bits per heavy atom. The lowest BCUT2D eigenvalue weighted by atomic mass is 9.89. The van der Waals surface area contributed by atoms with Crippen LogP contribution in [0.2, 0.25) is 0 Å². The lowest BCUT2D eigenvalue weighted by molar-refractivity contribution is -0.385. The number of carbonyl (C=O) groups is 2. The van der Waals surface area contributed by atoms with E-state index in [2.05, 4.69) is 10.4 Å². The van der Waals surface area contributed by atoms with Gasteiger partial charge in [-0.3, -0.25) is 19.7 Å². The van der Waals surface area contributed by atoms with E-state index in [4.69, 9.17) is 0 Å². The fourth-order valence-corrected chi connectivity index (χ4v) is 4.95. The molecule has 0 radical (unpaired) electrons. The number of anilines is 1. The Bertz CT molecular complexity index is 1510. The summed E-state index contributed by atoms with van der Waals surface area (Å²) in [7, 11) is 0. The number of nitrogens with one attached hydrogen (secondary N) is 1. The molecule has 1 aliphatic rings. The van der Waals surface area contributed by atoms with E-state index in [1.165, 1.54) is 6.92 Å². The number of rotatable bonds is 6. The highest BCUT2D eigenvalue weighted by molar-refractivity contribution is 6.06. The normalized spacial score (nSPS) is 13.7. The van der Waals surface area contributed by atoms with Crippen molar-refractivity contribution in [3.05, 3.63) is 117 Å². The molecule has 10 heteroatoms. The van der Waals surface area contributed by atoms with Gasteiger partial charge in [0.05, 0.1) is 16.2 Å². The van der Waals surface area contributed by atoms with Crippen molar-refractivity contribution >= 4 is 23.2 Å². The monoisotopic (exact) mass is 527 g/mol. The van der Waals surface area contributed by atoms with Gasteiger partial charge in [-0.25, -0.2) is 9.07 Å². The van der Waals surface area contributed by atoms with Crippen molar-refractivity contribution in [2.45, 2.75) is 25.7 Å². The molecule has 39 heavy (non-hydrogen) atoms. The van der Waals surface area contributed by atoms with Gasteiger partial charge >= 0.3 is 0 Å². The first-order valence-electron chi connectivity index (χ1n) is 12.6. The second-order valence-electron chi connectivity index (χ2n) is 9.46. The Labute approximate surface area is 224 Å². The smallest absolute Gasteiger partial charge is 0.273 e. The van der Waals surface area contributed by atoms with Gasteiger partial charge in [0.2, 0.25) is 0 Å². The van der Waals surface area contributed by atoms with Gasteiger partial charge in [0.25, 0.3) is 17.5 Å². The Balaban J connectivity index is 1.18. The number of hydrogen-bond donors (Lipinski definition) is 1. The van der Waals surface area contributed by atoms with Gasteiger partial charge in [-0.05, 0) is 79.8 Å². The van der Waals surface area contributed by atoms with E-state index >= 15 is 0 Å². The molecule has 0 bridgehead atoms. The number of nitro groups is 1. The van der Waals surface area contributed by atoms with E-state index in [9.17, 15) is 24.1 Å². The summed E-state index contributed by atoms with van der Waals surface area (Å²) < 4.78 is 16.1. The average Bonchev–Trinajstić information content (AvgIpc) is 3.48. The molecule has 0 saturated carbocycles. The molecule has 1 aromatic heterocycles. The van der Waals surface area contributed by atoms with Crippen molar-refractivity contribution in [3.8, 4) is 5.69 Å². The zero-order valence-corrected chi connectivity index (χ0v) is 21.2. The molecule has 4 aromatic rings. The van der Waals surface area contributed by atoms with Crippen LogP contribution in [0, 0.1) is 22.9 Å². The number of carbonyl (C=O) groups excluding carboxylic acids is 2. The number of halogens is 1. The SMILES string of the molecule is Cc1c([N+](=O)[O-])ccc(F)c1C(=O)Nc1ccc(C2CCN(C(=O)c3ccc(-n4cccn4)cc3)CC2)cc1. The third-order valence-electron chi connectivity index (χ3n) is 7.11. The largest absolute Gasteiger partial charge is 0.339 e. The quantitative estimate of drug-likeness (QED) is 0.263. The summed E-state index contributed by atoms with van der Waals surface area (Å²) in [6, 6.07) is 18.5. The van der Waals surface area contributed by atoms with Gasteiger partial charge < -0.3 is 10.2 Å². The minimum Gasteiger partial charge on any atom is -0.339 e. The predicted octanol–water partition coefficient (Wildman–Crippen LogP) is 5.50. The summed E-state index contributed by atoms with van der Waals surface area (Å²) >= 11 is 0. The Hall–Kier alpha value is -4.86. The van der Waals surface area contributed by atoms with Crippen LogP contribution in [0.15, 0.2) is 79.1 Å². The summed E-state index contributed by atoms with van der Waals surface area (Å²) in [5, 5.41) is 18.0. The number of piperidine rings is 1. The van der Waals surface area contributed by atoms with Crippen LogP contribution in [0.25, 0.3) is 5.69 Å². The molecule has 1 aliphatic heterocycles. The molecule has 1 saturated heterocycles. The number of amides is 2. The van der Waals surface area contributed by atoms with Crippen molar-refractivity contribution in [3.63, 3.8) is 0 Å². The Morgan fingerprint density at radius 1 is 1.03 bits per heavy atom. The van der Waals surface area contributed by atoms with Crippen LogP contribution >= 0.6 is 0 Å². The van der Waals surface area contributed by atoms with Gasteiger partial charge in [0.15, 0.2) is 0 Å². The van der Waals surface area contributed by atoms with E-state index in [0.717, 1.165) is 36.2 Å². The Kier molecular flexibility index (Phi) is 7.18. The fourth-order valence-electron chi connectivity index (χ4n) is 4.95. The molecule has 198 valence electrons. The number of nitro benzene ring substituents is 1. The number of aromatic nitrogens is 2. The topological polar surface area (TPSA) is 110 Å². The van der Waals surface area contributed by atoms with Gasteiger partial charge in [-0.15, -0.1) is 0 Å². The van der Waals surface area contributed by atoms with E-state index < -0.39 is 16.6 Å². The van der Waals surface area contributed by atoms with Gasteiger partial charge in [-0.1, -0.05) is 12.1 Å². The summed E-state index contributed by atoms with van der Waals surface area (Å²) in [5.41, 5.74) is 2.39. The van der Waals surface area contributed by atoms with Crippen molar-refractivity contribution in [2.24, 2.45) is 0 Å². The average molecular weight is 528 g/mol. The molecule has 3 aromatic carbocycles. The molecule has 0 aliphatic carbocycles. The molecular formula is C29H26FN5O4. The lowest BCUT2D eigenvalue weighted by Gasteiger charge is -2.32. The zero-order valence-electron chi connectivity index (χ0n) is 21.2. The molecule has 2 amide bonds. The summed E-state index contributed by atoms with van der Waals surface area (Å²) in [4.78, 5) is 38.1. The van der Waals surface area contributed by atoms with E-state index in [1.54, 1.807) is 23.0 Å². The van der Waals surface area contributed by atoms with Gasteiger partial charge in [0.1, 0.15) is 5.82 Å². The zero-order chi connectivity index (χ0) is 27.5. The maximum absolute atomic E-state index is 14.3. The Morgan fingerprint density at radius 2 is 1.72 bits per heavy atom. The third kappa shape index (κ3) is 5.40. The standard InChI is InChI=1S/C29H26FN5O4/c1-19-26(35(38)39)12-11-25(30)27(19)28(36)32-23-7-3-20(4-8-23)21-13-17-33(18-14-21)29(37)22-5-9-24(10-6-22)34-16-2-15-31-34/h2-12,15-16,21H,13-14,17-18H2,1H3,(H,32,36).